The summed E-state index contributed by atoms with van der Waals surface area (Å²) in [5.41, 5.74) is 3.04. The number of nitrogens with one attached hydrogen (secondary N) is 1. The number of hydrogen-bond donors (Lipinski definition) is 1. The first-order valence-corrected chi connectivity index (χ1v) is 11.9. The number of carbonyl (C=O) groups excluding carboxylic acids is 1. The molecule has 1 aliphatic heterocycles. The summed E-state index contributed by atoms with van der Waals surface area (Å²) in [4.78, 5) is 27.8. The highest BCUT2D eigenvalue weighted by Crippen LogP contribution is 2.16. The van der Waals surface area contributed by atoms with Crippen molar-refractivity contribution in [1.82, 2.24) is 29.4 Å². The van der Waals surface area contributed by atoms with Gasteiger partial charge >= 0.3 is 5.56 Å². The Kier molecular flexibility index (Phi) is 7.23. The number of nitrogens with zero attached hydrogens (tertiary/aromatic N) is 5. The van der Waals surface area contributed by atoms with Crippen LogP contribution in [0, 0.1) is 19.8 Å². The Morgan fingerprint density at radius 2 is 1.82 bits per heavy atom. The molecule has 8 nitrogen and oxygen atoms in total. The van der Waals surface area contributed by atoms with E-state index in [0.29, 0.717) is 25.2 Å². The fourth-order valence-corrected chi connectivity index (χ4v) is 4.53. The van der Waals surface area contributed by atoms with E-state index in [9.17, 15) is 9.59 Å². The average molecular weight is 451 g/mol. The summed E-state index contributed by atoms with van der Waals surface area (Å²) >= 11 is 0. The molecule has 0 atom stereocenters. The maximum absolute atomic E-state index is 13.0. The van der Waals surface area contributed by atoms with Gasteiger partial charge in [-0.2, -0.15) is 0 Å². The zero-order valence-corrected chi connectivity index (χ0v) is 19.9. The number of piperidine rings is 1. The van der Waals surface area contributed by atoms with Crippen molar-refractivity contribution in [2.45, 2.75) is 52.9 Å². The molecule has 0 bridgehead atoms. The molecule has 0 radical (unpaired) electrons. The van der Waals surface area contributed by atoms with Crippen molar-refractivity contribution < 1.29 is 4.79 Å². The molecule has 8 heteroatoms. The van der Waals surface area contributed by atoms with Gasteiger partial charge in [-0.05, 0) is 81.9 Å². The van der Waals surface area contributed by atoms with Gasteiger partial charge in [0.15, 0.2) is 0 Å². The molecule has 0 saturated carbocycles. The van der Waals surface area contributed by atoms with Crippen LogP contribution in [-0.4, -0.2) is 56.2 Å². The minimum Gasteiger partial charge on any atom is -0.356 e. The molecule has 0 spiro atoms. The number of aryl methyl sites for hydroxylation is 3. The van der Waals surface area contributed by atoms with Crippen LogP contribution in [0.3, 0.4) is 0 Å². The first kappa shape index (κ1) is 23.2. The summed E-state index contributed by atoms with van der Waals surface area (Å²) in [6, 6.07) is 6.01. The Labute approximate surface area is 194 Å². The molecule has 1 fully saturated rings. The molecule has 0 unspecified atom stereocenters. The van der Waals surface area contributed by atoms with E-state index in [1.54, 1.807) is 21.4 Å². The Balaban J connectivity index is 1.31. The van der Waals surface area contributed by atoms with Crippen LogP contribution in [0.1, 0.15) is 49.6 Å². The second kappa shape index (κ2) is 10.3. The van der Waals surface area contributed by atoms with Crippen molar-refractivity contribution in [2.75, 3.05) is 26.2 Å². The largest absolute Gasteiger partial charge is 0.356 e. The predicted octanol–water partition coefficient (Wildman–Crippen LogP) is 2.67. The van der Waals surface area contributed by atoms with Gasteiger partial charge in [0, 0.05) is 37.5 Å². The number of fused-ring (bicyclic) bond motifs is 1. The third-order valence-corrected chi connectivity index (χ3v) is 6.45. The number of hydrogen-bond acceptors (Lipinski definition) is 5. The summed E-state index contributed by atoms with van der Waals surface area (Å²) in [5.74, 6) is 1.46. The van der Waals surface area contributed by atoms with Crippen LogP contribution in [0.2, 0.25) is 0 Å². The van der Waals surface area contributed by atoms with Crippen LogP contribution in [0.4, 0.5) is 0 Å². The molecule has 1 saturated heterocycles. The fourth-order valence-electron chi connectivity index (χ4n) is 4.53. The zero-order chi connectivity index (χ0) is 23.4. The minimum atomic E-state index is -0.224. The number of benzene rings is 1. The lowest BCUT2D eigenvalue weighted by atomic mass is 9.99. The van der Waals surface area contributed by atoms with Crippen molar-refractivity contribution in [3.05, 3.63) is 57.9 Å². The maximum atomic E-state index is 13.0. The van der Waals surface area contributed by atoms with Crippen molar-refractivity contribution in [2.24, 2.45) is 5.92 Å². The van der Waals surface area contributed by atoms with Crippen LogP contribution in [-0.2, 0) is 11.2 Å². The molecular formula is C25H34N6O2. The van der Waals surface area contributed by atoms with Crippen molar-refractivity contribution in [1.29, 1.82) is 0 Å². The molecular weight excluding hydrogens is 416 g/mol. The molecule has 33 heavy (non-hydrogen) atoms. The highest BCUT2D eigenvalue weighted by Gasteiger charge is 2.16. The molecule has 1 N–H and O–H groups in total. The molecule has 1 aliphatic rings. The first-order valence-electron chi connectivity index (χ1n) is 11.9. The Bertz CT molecular complexity index is 1150. The molecule has 0 aliphatic carbocycles. The number of carbonyl (C=O) groups is 1. The highest BCUT2D eigenvalue weighted by molar-refractivity contribution is 5.76. The lowest BCUT2D eigenvalue weighted by Gasteiger charge is -2.30. The number of likely N-dealkylation sites (tertiary alicyclic amines) is 1. The molecule has 3 aromatic rings. The van der Waals surface area contributed by atoms with Gasteiger partial charge in [-0.1, -0.05) is 13.0 Å². The summed E-state index contributed by atoms with van der Waals surface area (Å²) in [6.45, 7) is 10.4. The average Bonchev–Trinajstić information content (AvgIpc) is 3.20. The third-order valence-electron chi connectivity index (χ3n) is 6.45. The normalized spacial score (nSPS) is 15.2. The zero-order valence-electron chi connectivity index (χ0n) is 19.9. The monoisotopic (exact) mass is 450 g/mol. The summed E-state index contributed by atoms with van der Waals surface area (Å²) in [5, 5.41) is 11.3. The lowest BCUT2D eigenvalue weighted by molar-refractivity contribution is -0.121. The van der Waals surface area contributed by atoms with Crippen LogP contribution in [0.15, 0.2) is 35.4 Å². The van der Waals surface area contributed by atoms with E-state index in [-0.39, 0.29) is 17.1 Å². The van der Waals surface area contributed by atoms with E-state index in [0.717, 1.165) is 35.7 Å². The number of rotatable bonds is 8. The van der Waals surface area contributed by atoms with Gasteiger partial charge in [-0.15, -0.1) is 10.2 Å². The van der Waals surface area contributed by atoms with E-state index >= 15 is 0 Å². The maximum Gasteiger partial charge on any atom is 0.300 e. The molecule has 2 aromatic heterocycles. The van der Waals surface area contributed by atoms with Gasteiger partial charge in [-0.25, -0.2) is 0 Å². The van der Waals surface area contributed by atoms with Crippen LogP contribution < -0.4 is 10.9 Å². The smallest absolute Gasteiger partial charge is 0.300 e. The van der Waals surface area contributed by atoms with E-state index in [1.165, 1.54) is 25.9 Å². The van der Waals surface area contributed by atoms with Crippen molar-refractivity contribution >= 4 is 11.6 Å². The summed E-state index contributed by atoms with van der Waals surface area (Å²) < 4.78 is 3.27. The van der Waals surface area contributed by atoms with Gasteiger partial charge in [0.05, 0.1) is 0 Å². The van der Waals surface area contributed by atoms with E-state index in [2.05, 4.69) is 33.4 Å². The topological polar surface area (TPSA) is 84.5 Å². The van der Waals surface area contributed by atoms with Crippen LogP contribution in [0.25, 0.3) is 11.3 Å². The molecule has 176 valence electrons. The van der Waals surface area contributed by atoms with Crippen molar-refractivity contribution in [3.8, 4) is 5.69 Å². The first-order chi connectivity index (χ1) is 15.9. The van der Waals surface area contributed by atoms with Gasteiger partial charge in [0.1, 0.15) is 5.82 Å². The molecule has 1 amide bonds. The molecule has 4 rings (SSSR count). The van der Waals surface area contributed by atoms with E-state index in [4.69, 9.17) is 0 Å². The lowest BCUT2D eigenvalue weighted by Crippen LogP contribution is -2.35. The molecule has 3 heterocycles. The quantitative estimate of drug-likeness (QED) is 0.534. The predicted molar refractivity (Wildman–Crippen MR) is 129 cm³/mol. The van der Waals surface area contributed by atoms with Crippen LogP contribution >= 0.6 is 0 Å². The van der Waals surface area contributed by atoms with Gasteiger partial charge in [0.2, 0.25) is 11.6 Å². The van der Waals surface area contributed by atoms with Gasteiger partial charge < -0.3 is 10.2 Å². The third kappa shape index (κ3) is 5.68. The Hall–Kier alpha value is -3.00. The standard InChI is InChI=1S/C25H34N6O2/c1-18-7-11-29(12-8-18)10-4-9-26-23(32)6-5-22-27-28-24-25(33)30(13-14-31(22)24)21-16-19(2)15-20(3)17-21/h13-18H,4-12H2,1-3H3,(H,26,32). The SMILES string of the molecule is Cc1cc(C)cc(-n2ccn3c(CCC(=O)NCCCN4CCC(C)CC4)nnc3c2=O)c1. The van der Waals surface area contributed by atoms with E-state index < -0.39 is 0 Å². The van der Waals surface area contributed by atoms with Gasteiger partial charge in [0.25, 0.3) is 0 Å². The van der Waals surface area contributed by atoms with Crippen LogP contribution in [0.5, 0.6) is 0 Å². The Morgan fingerprint density at radius 3 is 2.55 bits per heavy atom. The van der Waals surface area contributed by atoms with Crippen molar-refractivity contribution in [3.63, 3.8) is 0 Å². The Morgan fingerprint density at radius 1 is 1.09 bits per heavy atom. The van der Waals surface area contributed by atoms with E-state index in [1.807, 2.05) is 26.0 Å². The summed E-state index contributed by atoms with van der Waals surface area (Å²) in [7, 11) is 0. The highest BCUT2D eigenvalue weighted by atomic mass is 16.1. The van der Waals surface area contributed by atoms with Gasteiger partial charge in [-0.3, -0.25) is 18.6 Å². The molecule has 1 aromatic carbocycles. The fraction of sp³-hybridized carbons (Fsp3) is 0.520. The second-order valence-corrected chi connectivity index (χ2v) is 9.36. The summed E-state index contributed by atoms with van der Waals surface area (Å²) in [6.07, 6.45) is 7.79. The minimum absolute atomic E-state index is 0.00240. The number of aromatic nitrogens is 4. The number of amides is 1. The second-order valence-electron chi connectivity index (χ2n) is 9.36.